The molecule has 1 fully saturated rings. The second-order valence-corrected chi connectivity index (χ2v) is 8.13. The molecule has 3 aromatic heterocycles. The van der Waals surface area contributed by atoms with E-state index in [1.807, 2.05) is 48.5 Å². The van der Waals surface area contributed by atoms with Crippen molar-refractivity contribution in [1.29, 1.82) is 0 Å². The summed E-state index contributed by atoms with van der Waals surface area (Å²) in [5.41, 5.74) is 4.29. The predicted octanol–water partition coefficient (Wildman–Crippen LogP) is 4.15. The van der Waals surface area contributed by atoms with Crippen molar-refractivity contribution in [3.63, 3.8) is 0 Å². The van der Waals surface area contributed by atoms with Crippen molar-refractivity contribution in [2.24, 2.45) is 0 Å². The van der Waals surface area contributed by atoms with Crippen LogP contribution in [0.25, 0.3) is 22.9 Å². The van der Waals surface area contributed by atoms with Crippen LogP contribution < -0.4 is 4.90 Å². The number of benzene rings is 1. The number of pyridine rings is 1. The van der Waals surface area contributed by atoms with Gasteiger partial charge in [-0.25, -0.2) is 15.0 Å². The lowest BCUT2D eigenvalue weighted by Crippen LogP contribution is -2.26. The molecule has 1 aliphatic carbocycles. The zero-order valence-corrected chi connectivity index (χ0v) is 17.2. The topological polar surface area (TPSA) is 83.5 Å². The minimum absolute atomic E-state index is 0.140. The van der Waals surface area contributed by atoms with Gasteiger partial charge in [-0.3, -0.25) is 10.1 Å². The van der Waals surface area contributed by atoms with Crippen molar-refractivity contribution in [3.05, 3.63) is 71.8 Å². The molecule has 0 amide bonds. The van der Waals surface area contributed by atoms with Crippen LogP contribution in [0.4, 0.5) is 5.82 Å². The number of aromatic nitrogens is 6. The maximum Gasteiger partial charge on any atom is 0.181 e. The van der Waals surface area contributed by atoms with Crippen molar-refractivity contribution in [1.82, 2.24) is 30.1 Å². The Hall–Kier alpha value is -3.61. The molecule has 0 radical (unpaired) electrons. The first-order valence-electron chi connectivity index (χ1n) is 10.9. The first kappa shape index (κ1) is 18.2. The summed E-state index contributed by atoms with van der Waals surface area (Å²) in [6, 6.07) is 16.1. The molecule has 1 saturated heterocycles. The van der Waals surface area contributed by atoms with Gasteiger partial charge in [0.1, 0.15) is 17.3 Å². The third-order valence-corrected chi connectivity index (χ3v) is 6.18. The van der Waals surface area contributed by atoms with Gasteiger partial charge in [0.15, 0.2) is 11.6 Å². The lowest BCUT2D eigenvalue weighted by atomic mass is 10.1. The molecule has 0 bridgehead atoms. The predicted molar refractivity (Wildman–Crippen MR) is 118 cm³/mol. The molecule has 1 N–H and O–H groups in total. The van der Waals surface area contributed by atoms with Crippen molar-refractivity contribution in [2.75, 3.05) is 11.4 Å². The van der Waals surface area contributed by atoms with Gasteiger partial charge in [-0.05, 0) is 44.2 Å². The van der Waals surface area contributed by atoms with E-state index in [0.717, 1.165) is 67.4 Å². The highest BCUT2D eigenvalue weighted by atomic mass is 15.3. The summed E-state index contributed by atoms with van der Waals surface area (Å²) in [7, 11) is 0. The number of hydrogen-bond donors (Lipinski definition) is 1. The van der Waals surface area contributed by atoms with E-state index >= 15 is 0 Å². The average molecular weight is 409 g/mol. The number of nitrogens with zero attached hydrogens (tertiary/aromatic N) is 6. The maximum absolute atomic E-state index is 5.03. The van der Waals surface area contributed by atoms with E-state index in [1.54, 1.807) is 6.20 Å². The van der Waals surface area contributed by atoms with E-state index < -0.39 is 0 Å². The Kier molecular flexibility index (Phi) is 4.44. The Morgan fingerprint density at radius 3 is 2.65 bits per heavy atom. The van der Waals surface area contributed by atoms with E-state index in [-0.39, 0.29) is 6.04 Å². The number of H-pyrrole nitrogens is 1. The second kappa shape index (κ2) is 7.58. The van der Waals surface area contributed by atoms with Gasteiger partial charge >= 0.3 is 0 Å². The van der Waals surface area contributed by atoms with Gasteiger partial charge in [0.05, 0.1) is 6.04 Å². The summed E-state index contributed by atoms with van der Waals surface area (Å²) in [5, 5.41) is 7.69. The molecule has 4 aromatic rings. The lowest BCUT2D eigenvalue weighted by Gasteiger charge is -2.26. The van der Waals surface area contributed by atoms with Gasteiger partial charge in [-0.15, -0.1) is 0 Å². The molecule has 1 atom stereocenters. The van der Waals surface area contributed by atoms with E-state index in [1.165, 1.54) is 11.3 Å². The lowest BCUT2D eigenvalue weighted by molar-refractivity contribution is 0.661. The molecular weight excluding hydrogens is 386 g/mol. The maximum atomic E-state index is 5.03. The summed E-state index contributed by atoms with van der Waals surface area (Å²) >= 11 is 0. The van der Waals surface area contributed by atoms with E-state index in [0.29, 0.717) is 5.82 Å². The fourth-order valence-electron chi connectivity index (χ4n) is 4.70. The van der Waals surface area contributed by atoms with Gasteiger partial charge in [-0.1, -0.05) is 36.4 Å². The first-order chi connectivity index (χ1) is 15.4. The van der Waals surface area contributed by atoms with Crippen LogP contribution in [0.1, 0.15) is 42.4 Å². The zero-order valence-electron chi connectivity index (χ0n) is 17.2. The Bertz CT molecular complexity index is 1200. The quantitative estimate of drug-likeness (QED) is 0.545. The fraction of sp³-hybridized carbons (Fsp3) is 0.292. The molecule has 1 aliphatic heterocycles. The number of fused-ring (bicyclic) bond motifs is 1. The molecule has 154 valence electrons. The molecule has 31 heavy (non-hydrogen) atoms. The summed E-state index contributed by atoms with van der Waals surface area (Å²) in [5.74, 6) is 3.40. The minimum atomic E-state index is 0.140. The summed E-state index contributed by atoms with van der Waals surface area (Å²) in [6.07, 6.45) is 7.09. The van der Waals surface area contributed by atoms with E-state index in [4.69, 9.17) is 15.0 Å². The van der Waals surface area contributed by atoms with E-state index in [9.17, 15) is 0 Å². The molecule has 2 aliphatic rings. The largest absolute Gasteiger partial charge is 0.346 e. The highest BCUT2D eigenvalue weighted by Gasteiger charge is 2.33. The molecular formula is C24H23N7. The van der Waals surface area contributed by atoms with Crippen molar-refractivity contribution in [2.45, 2.75) is 38.1 Å². The molecule has 0 saturated carbocycles. The molecule has 4 heterocycles. The number of aromatic amines is 1. The Morgan fingerprint density at radius 2 is 1.77 bits per heavy atom. The third kappa shape index (κ3) is 3.26. The van der Waals surface area contributed by atoms with Gasteiger partial charge < -0.3 is 4.90 Å². The minimum Gasteiger partial charge on any atom is -0.346 e. The Balaban J connectivity index is 1.39. The van der Waals surface area contributed by atoms with Crippen molar-refractivity contribution in [3.8, 4) is 22.9 Å². The Labute approximate surface area is 180 Å². The number of hydrogen-bond acceptors (Lipinski definition) is 6. The number of anilines is 1. The smallest absolute Gasteiger partial charge is 0.181 e. The monoisotopic (exact) mass is 409 g/mol. The highest BCUT2D eigenvalue weighted by molar-refractivity contribution is 5.60. The molecule has 1 aromatic carbocycles. The van der Waals surface area contributed by atoms with Crippen LogP contribution >= 0.6 is 0 Å². The number of rotatable bonds is 4. The number of aryl methyl sites for hydroxylation is 1. The van der Waals surface area contributed by atoms with Crippen LogP contribution in [0.2, 0.25) is 0 Å². The molecule has 7 heteroatoms. The normalized spacial score (nSPS) is 17.8. The summed E-state index contributed by atoms with van der Waals surface area (Å²) < 4.78 is 0. The summed E-state index contributed by atoms with van der Waals surface area (Å²) in [6.45, 7) is 0.956. The molecule has 0 spiro atoms. The third-order valence-electron chi connectivity index (χ3n) is 6.18. The standard InChI is InChI=1S/C24H23N7/c1-2-8-16(9-3-1)21-27-23(30-29-21)20-13-7-15-31(20)24-17-10-6-12-18(17)26-22(28-24)19-11-4-5-14-25-19/h1-5,8-9,11,14,20H,6-7,10,12-13,15H2,(H,27,29,30). The molecule has 1 unspecified atom stereocenters. The number of nitrogens with one attached hydrogen (secondary N) is 1. The van der Waals surface area contributed by atoms with Crippen molar-refractivity contribution < 1.29 is 0 Å². The van der Waals surface area contributed by atoms with Crippen LogP contribution in [0.5, 0.6) is 0 Å². The Morgan fingerprint density at radius 1 is 0.871 bits per heavy atom. The second-order valence-electron chi connectivity index (χ2n) is 8.13. The zero-order chi connectivity index (χ0) is 20.6. The van der Waals surface area contributed by atoms with Gasteiger partial charge in [0.25, 0.3) is 0 Å². The van der Waals surface area contributed by atoms with Crippen LogP contribution in [0.15, 0.2) is 54.7 Å². The van der Waals surface area contributed by atoms with Crippen molar-refractivity contribution >= 4 is 5.82 Å². The fourth-order valence-corrected chi connectivity index (χ4v) is 4.70. The first-order valence-corrected chi connectivity index (χ1v) is 10.9. The van der Waals surface area contributed by atoms with Gasteiger partial charge in [0, 0.05) is 29.6 Å². The molecule has 6 rings (SSSR count). The van der Waals surface area contributed by atoms with Gasteiger partial charge in [0.2, 0.25) is 0 Å². The van der Waals surface area contributed by atoms with E-state index in [2.05, 4.69) is 20.1 Å². The average Bonchev–Trinajstić information content (AvgIpc) is 3.59. The van der Waals surface area contributed by atoms with Crippen LogP contribution in [-0.4, -0.2) is 36.7 Å². The highest BCUT2D eigenvalue weighted by Crippen LogP contribution is 2.39. The van der Waals surface area contributed by atoms with Crippen LogP contribution in [-0.2, 0) is 12.8 Å². The SMILES string of the molecule is c1ccc(-c2n[nH]c(C3CCCN3c3nc(-c4ccccn4)nc4c3CCC4)n2)cc1. The van der Waals surface area contributed by atoms with Gasteiger partial charge in [-0.2, -0.15) is 5.10 Å². The summed E-state index contributed by atoms with van der Waals surface area (Å²) in [4.78, 5) is 21.6. The molecule has 7 nitrogen and oxygen atoms in total. The van der Waals surface area contributed by atoms with Crippen LogP contribution in [0, 0.1) is 0 Å². The van der Waals surface area contributed by atoms with Crippen LogP contribution in [0.3, 0.4) is 0 Å².